The lowest BCUT2D eigenvalue weighted by Crippen LogP contribution is -2.26. The van der Waals surface area contributed by atoms with Crippen LogP contribution < -0.4 is 9.64 Å². The molecule has 0 fully saturated rings. The largest absolute Gasteiger partial charge is 0.478 e. The number of anilines is 1. The summed E-state index contributed by atoms with van der Waals surface area (Å²) in [6.07, 6.45) is 2.68. The smallest absolute Gasteiger partial charge is 0.228 e. The van der Waals surface area contributed by atoms with Gasteiger partial charge in [0.1, 0.15) is 0 Å². The summed E-state index contributed by atoms with van der Waals surface area (Å²) < 4.78 is 5.46. The molecule has 0 aromatic carbocycles. The van der Waals surface area contributed by atoms with E-state index < -0.39 is 0 Å². The van der Waals surface area contributed by atoms with Crippen molar-refractivity contribution in [1.29, 1.82) is 0 Å². The second kappa shape index (κ2) is 7.28. The number of hydrogen-bond acceptors (Lipinski definition) is 4. The molecule has 0 amide bonds. The van der Waals surface area contributed by atoms with Crippen molar-refractivity contribution in [2.24, 2.45) is 0 Å². The van der Waals surface area contributed by atoms with Gasteiger partial charge in [-0.25, -0.2) is 4.98 Å². The third-order valence-electron chi connectivity index (χ3n) is 2.09. The molecule has 16 heavy (non-hydrogen) atoms. The molecule has 0 saturated heterocycles. The van der Waals surface area contributed by atoms with E-state index in [0.717, 1.165) is 19.5 Å². The van der Waals surface area contributed by atoms with Gasteiger partial charge < -0.3 is 9.64 Å². The number of halogens is 1. The highest BCUT2D eigenvalue weighted by atomic mass is 35.5. The van der Waals surface area contributed by atoms with Gasteiger partial charge in [0.15, 0.2) is 0 Å². The van der Waals surface area contributed by atoms with Crippen LogP contribution in [0.3, 0.4) is 0 Å². The van der Waals surface area contributed by atoms with Gasteiger partial charge in [-0.05, 0) is 13.3 Å². The first kappa shape index (κ1) is 13.0. The van der Waals surface area contributed by atoms with Gasteiger partial charge >= 0.3 is 0 Å². The highest BCUT2D eigenvalue weighted by Crippen LogP contribution is 2.12. The first-order chi connectivity index (χ1) is 7.81. The summed E-state index contributed by atoms with van der Waals surface area (Å²) in [4.78, 5) is 10.6. The minimum absolute atomic E-state index is 0.567. The van der Waals surface area contributed by atoms with Crippen molar-refractivity contribution < 1.29 is 4.74 Å². The van der Waals surface area contributed by atoms with Crippen molar-refractivity contribution in [3.05, 3.63) is 12.3 Å². The second-order valence-electron chi connectivity index (χ2n) is 3.31. The van der Waals surface area contributed by atoms with Crippen molar-refractivity contribution in [3.8, 4) is 5.88 Å². The molecular formula is C11H18ClN3O. The van der Waals surface area contributed by atoms with Gasteiger partial charge in [0, 0.05) is 31.2 Å². The normalized spacial score (nSPS) is 10.2. The molecule has 1 aromatic heterocycles. The summed E-state index contributed by atoms with van der Waals surface area (Å²) in [5.41, 5.74) is 0. The van der Waals surface area contributed by atoms with Crippen LogP contribution in [0.4, 0.5) is 5.95 Å². The van der Waals surface area contributed by atoms with Crippen molar-refractivity contribution in [2.45, 2.75) is 20.3 Å². The first-order valence-corrected chi connectivity index (χ1v) is 6.12. The van der Waals surface area contributed by atoms with Crippen molar-refractivity contribution in [2.75, 3.05) is 30.5 Å². The molecule has 0 unspecified atom stereocenters. The third kappa shape index (κ3) is 3.85. The Labute approximate surface area is 102 Å². The van der Waals surface area contributed by atoms with Gasteiger partial charge in [-0.1, -0.05) is 6.92 Å². The third-order valence-corrected chi connectivity index (χ3v) is 2.26. The zero-order valence-electron chi connectivity index (χ0n) is 9.82. The second-order valence-corrected chi connectivity index (χ2v) is 3.69. The average molecular weight is 244 g/mol. The molecule has 0 aliphatic rings. The summed E-state index contributed by atoms with van der Waals surface area (Å²) in [6, 6.07) is 1.77. The van der Waals surface area contributed by atoms with E-state index in [1.54, 1.807) is 12.3 Å². The topological polar surface area (TPSA) is 38.2 Å². The fourth-order valence-electron chi connectivity index (χ4n) is 1.27. The maximum Gasteiger partial charge on any atom is 0.228 e. The molecule has 0 aliphatic heterocycles. The Morgan fingerprint density at radius 2 is 2.25 bits per heavy atom. The van der Waals surface area contributed by atoms with Gasteiger partial charge in [-0.2, -0.15) is 4.98 Å². The van der Waals surface area contributed by atoms with Crippen LogP contribution in [0, 0.1) is 0 Å². The molecule has 0 spiro atoms. The van der Waals surface area contributed by atoms with E-state index in [1.807, 2.05) is 4.90 Å². The fraction of sp³-hybridized carbons (Fsp3) is 0.636. The van der Waals surface area contributed by atoms with E-state index in [1.165, 1.54) is 0 Å². The van der Waals surface area contributed by atoms with Gasteiger partial charge in [-0.15, -0.1) is 11.6 Å². The Balaban J connectivity index is 2.71. The van der Waals surface area contributed by atoms with Gasteiger partial charge in [-0.3, -0.25) is 0 Å². The van der Waals surface area contributed by atoms with Crippen LogP contribution in [0.25, 0.3) is 0 Å². The van der Waals surface area contributed by atoms with E-state index in [4.69, 9.17) is 16.3 Å². The molecule has 0 atom stereocenters. The van der Waals surface area contributed by atoms with Gasteiger partial charge in [0.2, 0.25) is 11.8 Å². The lowest BCUT2D eigenvalue weighted by Gasteiger charge is -2.19. The van der Waals surface area contributed by atoms with Crippen LogP contribution in [0.5, 0.6) is 5.88 Å². The van der Waals surface area contributed by atoms with Crippen LogP contribution in [0.15, 0.2) is 12.3 Å². The summed E-state index contributed by atoms with van der Waals surface area (Å²) in [5.74, 6) is 1.87. The Hall–Kier alpha value is -1.03. The summed E-state index contributed by atoms with van der Waals surface area (Å²) >= 11 is 5.72. The van der Waals surface area contributed by atoms with Gasteiger partial charge in [0.05, 0.1) is 6.61 Å². The first-order valence-electron chi connectivity index (χ1n) is 5.58. The number of hydrogen-bond donors (Lipinski definition) is 0. The average Bonchev–Trinajstić information content (AvgIpc) is 2.33. The quantitative estimate of drug-likeness (QED) is 0.689. The molecule has 0 aliphatic carbocycles. The van der Waals surface area contributed by atoms with Crippen LogP contribution in [0.2, 0.25) is 0 Å². The van der Waals surface area contributed by atoms with Crippen molar-refractivity contribution in [1.82, 2.24) is 9.97 Å². The van der Waals surface area contributed by atoms with E-state index in [2.05, 4.69) is 23.8 Å². The maximum absolute atomic E-state index is 5.72. The Morgan fingerprint density at radius 1 is 1.44 bits per heavy atom. The Bertz CT molecular complexity index is 309. The van der Waals surface area contributed by atoms with E-state index >= 15 is 0 Å². The standard InChI is InChI=1S/C11H18ClN3O/c1-3-9-16-10-5-7-13-11(14-10)15(4-2)8-6-12/h5,7H,3-4,6,8-9H2,1-2H3. The molecule has 0 saturated carbocycles. The predicted octanol–water partition coefficient (Wildman–Crippen LogP) is 2.33. The van der Waals surface area contributed by atoms with E-state index in [-0.39, 0.29) is 0 Å². The molecule has 5 heteroatoms. The van der Waals surface area contributed by atoms with Crippen LogP contribution in [-0.4, -0.2) is 35.5 Å². The molecule has 1 rings (SSSR count). The fourth-order valence-corrected chi connectivity index (χ4v) is 1.48. The minimum Gasteiger partial charge on any atom is -0.478 e. The predicted molar refractivity (Wildman–Crippen MR) is 66.4 cm³/mol. The van der Waals surface area contributed by atoms with E-state index in [9.17, 15) is 0 Å². The lowest BCUT2D eigenvalue weighted by molar-refractivity contribution is 0.305. The summed E-state index contributed by atoms with van der Waals surface area (Å²) in [6.45, 7) is 6.38. The zero-order valence-corrected chi connectivity index (χ0v) is 10.6. The summed E-state index contributed by atoms with van der Waals surface area (Å²) in [7, 11) is 0. The van der Waals surface area contributed by atoms with Crippen LogP contribution in [0.1, 0.15) is 20.3 Å². The van der Waals surface area contributed by atoms with Crippen LogP contribution in [-0.2, 0) is 0 Å². The Morgan fingerprint density at radius 3 is 2.88 bits per heavy atom. The number of nitrogens with zero attached hydrogens (tertiary/aromatic N) is 3. The minimum atomic E-state index is 0.567. The van der Waals surface area contributed by atoms with Gasteiger partial charge in [0.25, 0.3) is 0 Å². The molecule has 0 bridgehead atoms. The summed E-state index contributed by atoms with van der Waals surface area (Å²) in [5, 5.41) is 0. The van der Waals surface area contributed by atoms with Crippen LogP contribution >= 0.6 is 11.6 Å². The lowest BCUT2D eigenvalue weighted by atomic mass is 10.5. The number of aromatic nitrogens is 2. The number of ether oxygens (including phenoxy) is 1. The molecular weight excluding hydrogens is 226 g/mol. The molecule has 0 radical (unpaired) electrons. The number of alkyl halides is 1. The molecule has 90 valence electrons. The van der Waals surface area contributed by atoms with E-state index in [0.29, 0.717) is 24.3 Å². The molecule has 4 nitrogen and oxygen atoms in total. The highest BCUT2D eigenvalue weighted by Gasteiger charge is 2.07. The Kier molecular flexibility index (Phi) is 5.93. The number of rotatable bonds is 7. The zero-order chi connectivity index (χ0) is 11.8. The SMILES string of the molecule is CCCOc1ccnc(N(CC)CCCl)n1. The monoisotopic (exact) mass is 243 g/mol. The van der Waals surface area contributed by atoms with Crippen molar-refractivity contribution in [3.63, 3.8) is 0 Å². The molecule has 1 heterocycles. The highest BCUT2D eigenvalue weighted by molar-refractivity contribution is 6.18. The maximum atomic E-state index is 5.72. The molecule has 1 aromatic rings. The molecule has 0 N–H and O–H groups in total. The van der Waals surface area contributed by atoms with Crippen molar-refractivity contribution >= 4 is 17.5 Å².